The third kappa shape index (κ3) is 2.50. The summed E-state index contributed by atoms with van der Waals surface area (Å²) in [4.78, 5) is 19.0. The Bertz CT molecular complexity index is 323. The number of Topliss-reactive ketones (excluding diaryl/α,β-unsaturated/α-hetero) is 1. The second-order valence-electron chi connectivity index (χ2n) is 2.63. The van der Waals surface area contributed by atoms with Crippen molar-refractivity contribution < 1.29 is 9.53 Å². The first-order valence-electron chi connectivity index (χ1n) is 4.13. The van der Waals surface area contributed by atoms with Gasteiger partial charge in [0.15, 0.2) is 5.78 Å². The van der Waals surface area contributed by atoms with Crippen LogP contribution in [0.1, 0.15) is 30.2 Å². The molecule has 1 aromatic heterocycles. The Morgan fingerprint density at radius 2 is 2.23 bits per heavy atom. The van der Waals surface area contributed by atoms with Gasteiger partial charge in [-0.15, -0.1) is 0 Å². The second-order valence-corrected chi connectivity index (χ2v) is 2.63. The molecule has 1 heterocycles. The molecule has 0 bridgehead atoms. The van der Waals surface area contributed by atoms with Gasteiger partial charge in [-0.2, -0.15) is 4.98 Å². The van der Waals surface area contributed by atoms with Gasteiger partial charge < -0.3 is 4.74 Å². The number of hydrogen-bond donors (Lipinski definition) is 0. The third-order valence-corrected chi connectivity index (χ3v) is 1.47. The average Bonchev–Trinajstić information content (AvgIpc) is 2.03. The molecule has 70 valence electrons. The van der Waals surface area contributed by atoms with Crippen LogP contribution in [0.2, 0.25) is 0 Å². The van der Waals surface area contributed by atoms with Crippen molar-refractivity contribution in [1.82, 2.24) is 9.97 Å². The molecule has 0 saturated heterocycles. The van der Waals surface area contributed by atoms with Crippen molar-refractivity contribution in [3.8, 4) is 5.88 Å². The van der Waals surface area contributed by atoms with Crippen LogP contribution in [-0.2, 0) is 0 Å². The molecule has 0 aliphatic rings. The standard InChI is InChI=1S/C9H12N2O2/c1-4-13-9-5-8(6(2)12)10-7(3)11-9/h5H,4H2,1-3H3. The quantitative estimate of drug-likeness (QED) is 0.659. The van der Waals surface area contributed by atoms with Gasteiger partial charge in [0.25, 0.3) is 0 Å². The molecule has 13 heavy (non-hydrogen) atoms. The number of hydrogen-bond acceptors (Lipinski definition) is 4. The number of aryl methyl sites for hydroxylation is 1. The summed E-state index contributed by atoms with van der Waals surface area (Å²) in [5, 5.41) is 0. The summed E-state index contributed by atoms with van der Waals surface area (Å²) in [5.74, 6) is 0.933. The maximum atomic E-state index is 11.0. The van der Waals surface area contributed by atoms with Crippen LogP contribution in [0.25, 0.3) is 0 Å². The molecule has 0 fully saturated rings. The van der Waals surface area contributed by atoms with E-state index in [0.717, 1.165) is 0 Å². The minimum Gasteiger partial charge on any atom is -0.478 e. The molecule has 1 rings (SSSR count). The lowest BCUT2D eigenvalue weighted by molar-refractivity contribution is 0.101. The van der Waals surface area contributed by atoms with Crippen molar-refractivity contribution in [2.24, 2.45) is 0 Å². The lowest BCUT2D eigenvalue weighted by Crippen LogP contribution is -2.03. The zero-order valence-electron chi connectivity index (χ0n) is 8.00. The molecule has 0 spiro atoms. The zero-order valence-corrected chi connectivity index (χ0v) is 8.00. The number of carbonyl (C=O) groups excluding carboxylic acids is 1. The Balaban J connectivity index is 3.03. The second kappa shape index (κ2) is 3.98. The third-order valence-electron chi connectivity index (χ3n) is 1.47. The molecule has 0 saturated carbocycles. The monoisotopic (exact) mass is 180 g/mol. The molecular weight excluding hydrogens is 168 g/mol. The van der Waals surface area contributed by atoms with Gasteiger partial charge in [0, 0.05) is 13.0 Å². The van der Waals surface area contributed by atoms with Crippen LogP contribution in [0, 0.1) is 6.92 Å². The molecule has 0 N–H and O–H groups in total. The minimum absolute atomic E-state index is 0.0774. The van der Waals surface area contributed by atoms with E-state index in [9.17, 15) is 4.79 Å². The number of aromatic nitrogens is 2. The Hall–Kier alpha value is -1.45. The molecule has 0 atom stereocenters. The van der Waals surface area contributed by atoms with Crippen molar-refractivity contribution in [1.29, 1.82) is 0 Å². The molecule has 0 aromatic carbocycles. The summed E-state index contributed by atoms with van der Waals surface area (Å²) < 4.78 is 5.17. The molecule has 4 heteroatoms. The van der Waals surface area contributed by atoms with Gasteiger partial charge in [-0.25, -0.2) is 4.98 Å². The lowest BCUT2D eigenvalue weighted by Gasteiger charge is -2.03. The first-order chi connectivity index (χ1) is 6.13. The molecule has 0 amide bonds. The maximum Gasteiger partial charge on any atom is 0.217 e. The summed E-state index contributed by atoms with van der Waals surface area (Å²) in [7, 11) is 0. The van der Waals surface area contributed by atoms with Gasteiger partial charge in [-0.3, -0.25) is 4.79 Å². The Morgan fingerprint density at radius 3 is 2.77 bits per heavy atom. The molecule has 0 radical (unpaired) electrons. The first-order valence-corrected chi connectivity index (χ1v) is 4.13. The highest BCUT2D eigenvalue weighted by atomic mass is 16.5. The van der Waals surface area contributed by atoms with Crippen LogP contribution in [0.15, 0.2) is 6.07 Å². The highest BCUT2D eigenvalue weighted by Crippen LogP contribution is 2.09. The van der Waals surface area contributed by atoms with E-state index in [2.05, 4.69) is 9.97 Å². The van der Waals surface area contributed by atoms with Gasteiger partial charge in [-0.1, -0.05) is 0 Å². The van der Waals surface area contributed by atoms with Crippen molar-refractivity contribution in [3.05, 3.63) is 17.6 Å². The van der Waals surface area contributed by atoms with Crippen LogP contribution < -0.4 is 4.74 Å². The van der Waals surface area contributed by atoms with Crippen molar-refractivity contribution in [2.75, 3.05) is 6.61 Å². The number of ether oxygens (including phenoxy) is 1. The van der Waals surface area contributed by atoms with E-state index in [4.69, 9.17) is 4.74 Å². The Labute approximate surface area is 77.0 Å². The summed E-state index contributed by atoms with van der Waals surface area (Å²) in [5.41, 5.74) is 0.399. The van der Waals surface area contributed by atoms with Gasteiger partial charge in [-0.05, 0) is 13.8 Å². The van der Waals surface area contributed by atoms with E-state index in [-0.39, 0.29) is 5.78 Å². The first kappa shape index (κ1) is 9.64. The summed E-state index contributed by atoms with van der Waals surface area (Å²) in [6, 6.07) is 1.55. The zero-order chi connectivity index (χ0) is 9.84. The number of carbonyl (C=O) groups is 1. The Kier molecular flexibility index (Phi) is 2.95. The fourth-order valence-corrected chi connectivity index (χ4v) is 0.942. The van der Waals surface area contributed by atoms with Crippen LogP contribution in [0.4, 0.5) is 0 Å². The summed E-state index contributed by atoms with van der Waals surface area (Å²) >= 11 is 0. The lowest BCUT2D eigenvalue weighted by atomic mass is 10.3. The van der Waals surface area contributed by atoms with Crippen LogP contribution in [0.3, 0.4) is 0 Å². The molecule has 1 aromatic rings. The van der Waals surface area contributed by atoms with Gasteiger partial charge in [0.05, 0.1) is 6.61 Å². The summed E-state index contributed by atoms with van der Waals surface area (Å²) in [6.07, 6.45) is 0. The number of rotatable bonds is 3. The largest absolute Gasteiger partial charge is 0.478 e. The molecule has 0 aliphatic heterocycles. The number of nitrogens with zero attached hydrogens (tertiary/aromatic N) is 2. The van der Waals surface area contributed by atoms with E-state index in [1.807, 2.05) is 6.92 Å². The molecule has 0 aliphatic carbocycles. The van der Waals surface area contributed by atoms with Crippen molar-refractivity contribution in [3.63, 3.8) is 0 Å². The van der Waals surface area contributed by atoms with E-state index < -0.39 is 0 Å². The predicted molar refractivity (Wildman–Crippen MR) is 47.9 cm³/mol. The summed E-state index contributed by atoms with van der Waals surface area (Å²) in [6.45, 7) is 5.60. The fraction of sp³-hybridized carbons (Fsp3) is 0.444. The fourth-order valence-electron chi connectivity index (χ4n) is 0.942. The van der Waals surface area contributed by atoms with Gasteiger partial charge in [0.2, 0.25) is 5.88 Å². The van der Waals surface area contributed by atoms with E-state index in [0.29, 0.717) is 24.0 Å². The maximum absolute atomic E-state index is 11.0. The van der Waals surface area contributed by atoms with Crippen LogP contribution in [-0.4, -0.2) is 22.4 Å². The highest BCUT2D eigenvalue weighted by molar-refractivity contribution is 5.92. The minimum atomic E-state index is -0.0774. The topological polar surface area (TPSA) is 52.1 Å². The van der Waals surface area contributed by atoms with E-state index >= 15 is 0 Å². The van der Waals surface area contributed by atoms with Gasteiger partial charge in [0.1, 0.15) is 11.5 Å². The number of ketones is 1. The normalized spacial score (nSPS) is 9.77. The Morgan fingerprint density at radius 1 is 1.54 bits per heavy atom. The average molecular weight is 180 g/mol. The van der Waals surface area contributed by atoms with Crippen molar-refractivity contribution in [2.45, 2.75) is 20.8 Å². The van der Waals surface area contributed by atoms with Gasteiger partial charge >= 0.3 is 0 Å². The molecule has 0 unspecified atom stereocenters. The van der Waals surface area contributed by atoms with E-state index in [1.165, 1.54) is 6.92 Å². The van der Waals surface area contributed by atoms with E-state index in [1.54, 1.807) is 13.0 Å². The highest BCUT2D eigenvalue weighted by Gasteiger charge is 2.05. The SMILES string of the molecule is CCOc1cc(C(C)=O)nc(C)n1. The molecule has 4 nitrogen and oxygen atoms in total. The van der Waals surface area contributed by atoms with Crippen LogP contribution in [0.5, 0.6) is 5.88 Å². The smallest absolute Gasteiger partial charge is 0.217 e. The van der Waals surface area contributed by atoms with Crippen LogP contribution >= 0.6 is 0 Å². The molecular formula is C9H12N2O2. The predicted octanol–water partition coefficient (Wildman–Crippen LogP) is 1.39. The van der Waals surface area contributed by atoms with Crippen molar-refractivity contribution >= 4 is 5.78 Å².